The normalized spacial score (nSPS) is 28.4. The van der Waals surface area contributed by atoms with E-state index in [9.17, 15) is 5.26 Å². The van der Waals surface area contributed by atoms with Gasteiger partial charge in [0.1, 0.15) is 5.75 Å². The van der Waals surface area contributed by atoms with Crippen LogP contribution < -0.4 is 4.74 Å². The zero-order valence-corrected chi connectivity index (χ0v) is 11.8. The fraction of sp³-hybridized carbons (Fsp3) is 0.588. The van der Waals surface area contributed by atoms with E-state index in [4.69, 9.17) is 9.47 Å². The molecule has 0 bridgehead atoms. The molecule has 0 spiro atoms. The van der Waals surface area contributed by atoms with E-state index in [2.05, 4.69) is 6.07 Å². The lowest BCUT2D eigenvalue weighted by Crippen LogP contribution is -2.31. The van der Waals surface area contributed by atoms with E-state index in [1.807, 2.05) is 24.3 Å². The van der Waals surface area contributed by atoms with Gasteiger partial charge in [0.15, 0.2) is 0 Å². The summed E-state index contributed by atoms with van der Waals surface area (Å²) in [5.41, 5.74) is 0.703. The van der Waals surface area contributed by atoms with E-state index in [1.165, 1.54) is 12.8 Å². The van der Waals surface area contributed by atoms with Crippen LogP contribution in [0.25, 0.3) is 0 Å². The van der Waals surface area contributed by atoms with Crippen molar-refractivity contribution in [1.29, 1.82) is 5.26 Å². The number of benzene rings is 1. The molecular formula is C17H21NO2. The molecule has 2 aliphatic heterocycles. The Morgan fingerprint density at radius 1 is 1.30 bits per heavy atom. The van der Waals surface area contributed by atoms with Gasteiger partial charge in [-0.05, 0) is 38.2 Å². The molecular weight excluding hydrogens is 250 g/mol. The van der Waals surface area contributed by atoms with Gasteiger partial charge in [0.05, 0.1) is 24.2 Å². The Balaban J connectivity index is 1.70. The monoisotopic (exact) mass is 271 g/mol. The third-order valence-corrected chi connectivity index (χ3v) is 4.56. The van der Waals surface area contributed by atoms with Crippen molar-refractivity contribution in [2.75, 3.05) is 13.2 Å². The van der Waals surface area contributed by atoms with Crippen molar-refractivity contribution >= 4 is 0 Å². The Morgan fingerprint density at radius 3 is 3.00 bits per heavy atom. The summed E-state index contributed by atoms with van der Waals surface area (Å²) < 4.78 is 11.4. The van der Waals surface area contributed by atoms with Crippen molar-refractivity contribution < 1.29 is 9.47 Å². The molecule has 20 heavy (non-hydrogen) atoms. The summed E-state index contributed by atoms with van der Waals surface area (Å²) in [5, 5.41) is 9.74. The minimum Gasteiger partial charge on any atom is -0.493 e. The Bertz CT molecular complexity index is 502. The molecule has 0 amide bonds. The standard InChI is InChI=1S/C17H21NO2/c18-13-17(9-3-5-14-6-4-11-19-14)10-12-20-16-8-2-1-7-15(16)17/h1-2,7-8,14H,3-6,9-12H2. The SMILES string of the molecule is N#CC1(CCCC2CCCO2)CCOc2ccccc21. The van der Waals surface area contributed by atoms with Crippen molar-refractivity contribution in [2.45, 2.75) is 50.0 Å². The fourth-order valence-corrected chi connectivity index (χ4v) is 3.39. The number of para-hydroxylation sites is 1. The largest absolute Gasteiger partial charge is 0.493 e. The summed E-state index contributed by atoms with van der Waals surface area (Å²) in [6, 6.07) is 10.6. The van der Waals surface area contributed by atoms with E-state index in [0.29, 0.717) is 12.7 Å². The second-order valence-corrected chi connectivity index (χ2v) is 5.82. The van der Waals surface area contributed by atoms with Crippen LogP contribution in [-0.4, -0.2) is 19.3 Å². The molecule has 0 aliphatic carbocycles. The van der Waals surface area contributed by atoms with E-state index in [0.717, 1.165) is 43.6 Å². The van der Waals surface area contributed by atoms with Gasteiger partial charge in [-0.25, -0.2) is 0 Å². The van der Waals surface area contributed by atoms with E-state index < -0.39 is 0 Å². The topological polar surface area (TPSA) is 42.2 Å². The van der Waals surface area contributed by atoms with Gasteiger partial charge < -0.3 is 9.47 Å². The number of ether oxygens (including phenoxy) is 2. The molecule has 0 saturated carbocycles. The third-order valence-electron chi connectivity index (χ3n) is 4.56. The maximum absolute atomic E-state index is 9.74. The predicted molar refractivity (Wildman–Crippen MR) is 76.7 cm³/mol. The van der Waals surface area contributed by atoms with Crippen LogP contribution >= 0.6 is 0 Å². The molecule has 1 aromatic rings. The Hall–Kier alpha value is -1.53. The van der Waals surface area contributed by atoms with Crippen molar-refractivity contribution in [1.82, 2.24) is 0 Å². The molecule has 2 heterocycles. The number of nitrogens with zero attached hydrogens (tertiary/aromatic N) is 1. The molecule has 1 fully saturated rings. The van der Waals surface area contributed by atoms with Crippen molar-refractivity contribution in [3.05, 3.63) is 29.8 Å². The Labute approximate surface area is 120 Å². The zero-order chi connectivity index (χ0) is 13.8. The van der Waals surface area contributed by atoms with Crippen LogP contribution in [0, 0.1) is 11.3 Å². The minimum atomic E-state index is -0.368. The predicted octanol–water partition coefficient (Wildman–Crippen LogP) is 3.58. The maximum atomic E-state index is 9.74. The average molecular weight is 271 g/mol. The summed E-state index contributed by atoms with van der Waals surface area (Å²) in [6.45, 7) is 1.55. The van der Waals surface area contributed by atoms with Crippen LogP contribution in [-0.2, 0) is 10.2 Å². The van der Waals surface area contributed by atoms with Gasteiger partial charge in [-0.15, -0.1) is 0 Å². The average Bonchev–Trinajstić information content (AvgIpc) is 3.01. The minimum absolute atomic E-state index is 0.368. The highest BCUT2D eigenvalue weighted by molar-refractivity contribution is 5.45. The molecule has 3 rings (SSSR count). The summed E-state index contributed by atoms with van der Waals surface area (Å²) in [5.74, 6) is 0.886. The number of hydrogen-bond acceptors (Lipinski definition) is 3. The molecule has 1 saturated heterocycles. The second-order valence-electron chi connectivity index (χ2n) is 5.82. The lowest BCUT2D eigenvalue weighted by molar-refractivity contribution is 0.0998. The third kappa shape index (κ3) is 2.53. The summed E-state index contributed by atoms with van der Waals surface area (Å²) >= 11 is 0. The lowest BCUT2D eigenvalue weighted by atomic mass is 9.73. The first-order valence-electron chi connectivity index (χ1n) is 7.59. The van der Waals surface area contributed by atoms with Gasteiger partial charge >= 0.3 is 0 Å². The number of rotatable bonds is 4. The van der Waals surface area contributed by atoms with Gasteiger partial charge in [0.25, 0.3) is 0 Å². The molecule has 3 nitrogen and oxygen atoms in total. The Kier molecular flexibility index (Phi) is 3.93. The molecule has 0 N–H and O–H groups in total. The first kappa shape index (κ1) is 13.5. The first-order valence-corrected chi connectivity index (χ1v) is 7.59. The quantitative estimate of drug-likeness (QED) is 0.840. The second kappa shape index (κ2) is 5.85. The molecule has 0 aromatic heterocycles. The lowest BCUT2D eigenvalue weighted by Gasteiger charge is -2.33. The van der Waals surface area contributed by atoms with Gasteiger partial charge in [0.2, 0.25) is 0 Å². The molecule has 2 atom stereocenters. The van der Waals surface area contributed by atoms with Gasteiger partial charge in [0, 0.05) is 18.6 Å². The zero-order valence-electron chi connectivity index (χ0n) is 11.8. The van der Waals surface area contributed by atoms with Crippen LogP contribution in [0.15, 0.2) is 24.3 Å². The van der Waals surface area contributed by atoms with Crippen LogP contribution in [0.5, 0.6) is 5.75 Å². The fourth-order valence-electron chi connectivity index (χ4n) is 3.39. The molecule has 106 valence electrons. The van der Waals surface area contributed by atoms with Crippen molar-refractivity contribution in [2.24, 2.45) is 0 Å². The van der Waals surface area contributed by atoms with Crippen LogP contribution in [0.4, 0.5) is 0 Å². The van der Waals surface area contributed by atoms with Crippen LogP contribution in [0.2, 0.25) is 0 Å². The summed E-state index contributed by atoms with van der Waals surface area (Å²) in [7, 11) is 0. The number of hydrogen-bond donors (Lipinski definition) is 0. The Morgan fingerprint density at radius 2 is 2.20 bits per heavy atom. The maximum Gasteiger partial charge on any atom is 0.124 e. The van der Waals surface area contributed by atoms with Crippen LogP contribution in [0.1, 0.15) is 44.1 Å². The first-order chi connectivity index (χ1) is 9.84. The van der Waals surface area contributed by atoms with E-state index in [-0.39, 0.29) is 5.41 Å². The molecule has 3 heteroatoms. The van der Waals surface area contributed by atoms with Gasteiger partial charge in [-0.1, -0.05) is 18.2 Å². The summed E-state index contributed by atoms with van der Waals surface area (Å²) in [4.78, 5) is 0. The van der Waals surface area contributed by atoms with Crippen molar-refractivity contribution in [3.63, 3.8) is 0 Å². The highest BCUT2D eigenvalue weighted by atomic mass is 16.5. The highest BCUT2D eigenvalue weighted by Gasteiger charge is 2.37. The highest BCUT2D eigenvalue weighted by Crippen LogP contribution is 2.42. The molecule has 1 aromatic carbocycles. The number of nitriles is 1. The molecule has 2 aliphatic rings. The van der Waals surface area contributed by atoms with Gasteiger partial charge in [-0.2, -0.15) is 5.26 Å². The number of fused-ring (bicyclic) bond motifs is 1. The smallest absolute Gasteiger partial charge is 0.124 e. The molecule has 2 unspecified atom stereocenters. The van der Waals surface area contributed by atoms with Crippen molar-refractivity contribution in [3.8, 4) is 11.8 Å². The summed E-state index contributed by atoms with van der Waals surface area (Å²) in [6.07, 6.45) is 6.61. The van der Waals surface area contributed by atoms with E-state index in [1.54, 1.807) is 0 Å². The van der Waals surface area contributed by atoms with Gasteiger partial charge in [-0.3, -0.25) is 0 Å². The van der Waals surface area contributed by atoms with E-state index >= 15 is 0 Å². The molecule has 0 radical (unpaired) electrons. The van der Waals surface area contributed by atoms with Crippen LogP contribution in [0.3, 0.4) is 0 Å².